The van der Waals surface area contributed by atoms with Crippen LogP contribution >= 0.6 is 0 Å². The molecule has 0 fully saturated rings. The lowest BCUT2D eigenvalue weighted by Gasteiger charge is -2.20. The number of carbonyl (C=O) groups excluding carboxylic acids is 1. The SMILES string of the molecule is Cn1cc(CCC(=O)C(C)(C)CN)cn1. The van der Waals surface area contributed by atoms with Gasteiger partial charge in [-0.1, -0.05) is 13.8 Å². The van der Waals surface area contributed by atoms with Crippen LogP contribution in [0.4, 0.5) is 0 Å². The monoisotopic (exact) mass is 209 g/mol. The normalized spacial score (nSPS) is 11.7. The topological polar surface area (TPSA) is 60.9 Å². The second-order valence-electron chi connectivity index (χ2n) is 4.53. The van der Waals surface area contributed by atoms with E-state index in [1.54, 1.807) is 10.9 Å². The maximum absolute atomic E-state index is 11.8. The third-order valence-electron chi connectivity index (χ3n) is 2.66. The summed E-state index contributed by atoms with van der Waals surface area (Å²) < 4.78 is 1.74. The molecule has 1 aromatic heterocycles. The van der Waals surface area contributed by atoms with E-state index in [1.807, 2.05) is 27.1 Å². The van der Waals surface area contributed by atoms with E-state index in [0.29, 0.717) is 13.0 Å². The fraction of sp³-hybridized carbons (Fsp3) is 0.636. The van der Waals surface area contributed by atoms with Crippen LogP contribution in [0.25, 0.3) is 0 Å². The van der Waals surface area contributed by atoms with Crippen LogP contribution in [0.15, 0.2) is 12.4 Å². The third-order valence-corrected chi connectivity index (χ3v) is 2.66. The zero-order valence-corrected chi connectivity index (χ0v) is 9.66. The Morgan fingerprint density at radius 1 is 1.60 bits per heavy atom. The highest BCUT2D eigenvalue weighted by molar-refractivity contribution is 5.84. The molecule has 0 amide bonds. The molecule has 0 aliphatic heterocycles. The standard InChI is InChI=1S/C11H19N3O/c1-11(2,8-12)10(15)5-4-9-6-13-14(3)7-9/h6-7H,4-5,8,12H2,1-3H3. The van der Waals surface area contributed by atoms with Crippen molar-refractivity contribution in [3.05, 3.63) is 18.0 Å². The Bertz CT molecular complexity index is 341. The first-order valence-electron chi connectivity index (χ1n) is 5.16. The highest BCUT2D eigenvalue weighted by Crippen LogP contribution is 2.17. The van der Waals surface area contributed by atoms with E-state index in [0.717, 1.165) is 12.0 Å². The predicted octanol–water partition coefficient (Wildman–Crippen LogP) is 0.907. The molecule has 0 aliphatic rings. The van der Waals surface area contributed by atoms with Crippen LogP contribution in [-0.4, -0.2) is 22.1 Å². The molecule has 0 aromatic carbocycles. The summed E-state index contributed by atoms with van der Waals surface area (Å²) in [6.45, 7) is 4.18. The maximum Gasteiger partial charge on any atom is 0.140 e. The first-order valence-corrected chi connectivity index (χ1v) is 5.16. The van der Waals surface area contributed by atoms with E-state index in [2.05, 4.69) is 5.10 Å². The first kappa shape index (κ1) is 11.9. The van der Waals surface area contributed by atoms with Crippen LogP contribution in [0.1, 0.15) is 25.8 Å². The van der Waals surface area contributed by atoms with Gasteiger partial charge in [0.2, 0.25) is 0 Å². The van der Waals surface area contributed by atoms with Crippen molar-refractivity contribution >= 4 is 5.78 Å². The third kappa shape index (κ3) is 3.16. The van der Waals surface area contributed by atoms with Gasteiger partial charge < -0.3 is 5.73 Å². The molecule has 15 heavy (non-hydrogen) atoms. The van der Waals surface area contributed by atoms with Gasteiger partial charge in [-0.25, -0.2) is 0 Å². The Morgan fingerprint density at radius 3 is 2.73 bits per heavy atom. The molecule has 0 aliphatic carbocycles. The second kappa shape index (κ2) is 4.57. The summed E-state index contributed by atoms with van der Waals surface area (Å²) >= 11 is 0. The summed E-state index contributed by atoms with van der Waals surface area (Å²) in [6, 6.07) is 0. The van der Waals surface area contributed by atoms with Crippen LogP contribution in [0.2, 0.25) is 0 Å². The summed E-state index contributed by atoms with van der Waals surface area (Å²) in [5.74, 6) is 0.217. The Labute approximate surface area is 90.5 Å². The second-order valence-corrected chi connectivity index (χ2v) is 4.53. The fourth-order valence-corrected chi connectivity index (χ4v) is 1.31. The average Bonchev–Trinajstić information content (AvgIpc) is 2.60. The number of aromatic nitrogens is 2. The van der Waals surface area contributed by atoms with Crippen LogP contribution < -0.4 is 5.73 Å². The summed E-state index contributed by atoms with van der Waals surface area (Å²) in [5, 5.41) is 4.06. The number of hydrogen-bond acceptors (Lipinski definition) is 3. The van der Waals surface area contributed by atoms with Gasteiger partial charge in [0, 0.05) is 31.6 Å². The van der Waals surface area contributed by atoms with Gasteiger partial charge in [0.15, 0.2) is 0 Å². The quantitative estimate of drug-likeness (QED) is 0.784. The number of Topliss-reactive ketones (excluding diaryl/α,β-unsaturated/α-hetero) is 1. The van der Waals surface area contributed by atoms with Gasteiger partial charge in [-0.15, -0.1) is 0 Å². The van der Waals surface area contributed by atoms with E-state index in [-0.39, 0.29) is 5.78 Å². The molecular weight excluding hydrogens is 190 g/mol. The lowest BCUT2D eigenvalue weighted by Crippen LogP contribution is -2.32. The smallest absolute Gasteiger partial charge is 0.140 e. The summed E-state index contributed by atoms with van der Waals surface area (Å²) in [6.07, 6.45) is 5.01. The molecule has 0 radical (unpaired) electrons. The molecule has 1 heterocycles. The Balaban J connectivity index is 2.47. The maximum atomic E-state index is 11.8. The van der Waals surface area contributed by atoms with Gasteiger partial charge in [-0.05, 0) is 12.0 Å². The first-order chi connectivity index (χ1) is 6.95. The minimum absolute atomic E-state index is 0.217. The fourth-order valence-electron chi connectivity index (χ4n) is 1.31. The molecule has 4 heteroatoms. The van der Waals surface area contributed by atoms with Crippen LogP contribution in [0.3, 0.4) is 0 Å². The zero-order valence-electron chi connectivity index (χ0n) is 9.66. The highest BCUT2D eigenvalue weighted by atomic mass is 16.1. The molecule has 0 spiro atoms. The molecule has 1 rings (SSSR count). The van der Waals surface area contributed by atoms with E-state index >= 15 is 0 Å². The molecule has 2 N–H and O–H groups in total. The molecule has 0 unspecified atom stereocenters. The number of carbonyl (C=O) groups is 1. The molecule has 0 bridgehead atoms. The molecule has 84 valence electrons. The van der Waals surface area contributed by atoms with Crippen molar-refractivity contribution in [1.29, 1.82) is 0 Å². The molecule has 1 aromatic rings. The molecule has 0 saturated heterocycles. The van der Waals surface area contributed by atoms with Crippen molar-refractivity contribution in [3.63, 3.8) is 0 Å². The summed E-state index contributed by atoms with van der Waals surface area (Å²) in [4.78, 5) is 11.8. The largest absolute Gasteiger partial charge is 0.329 e. The summed E-state index contributed by atoms with van der Waals surface area (Å²) in [7, 11) is 1.87. The summed E-state index contributed by atoms with van der Waals surface area (Å²) in [5.41, 5.74) is 6.24. The van der Waals surface area contributed by atoms with Gasteiger partial charge in [-0.3, -0.25) is 9.48 Å². The van der Waals surface area contributed by atoms with Crippen molar-refractivity contribution in [2.75, 3.05) is 6.54 Å². The van der Waals surface area contributed by atoms with Crippen LogP contribution in [0.5, 0.6) is 0 Å². The minimum atomic E-state index is -0.401. The predicted molar refractivity (Wildman–Crippen MR) is 59.4 cm³/mol. The molecular formula is C11H19N3O. The van der Waals surface area contributed by atoms with Crippen molar-refractivity contribution in [1.82, 2.24) is 9.78 Å². The van der Waals surface area contributed by atoms with Gasteiger partial charge in [0.1, 0.15) is 5.78 Å². The van der Waals surface area contributed by atoms with Crippen molar-refractivity contribution in [2.24, 2.45) is 18.2 Å². The Morgan fingerprint density at radius 2 is 2.27 bits per heavy atom. The Kier molecular flexibility index (Phi) is 3.63. The van der Waals surface area contributed by atoms with E-state index in [1.165, 1.54) is 0 Å². The number of rotatable bonds is 5. The lowest BCUT2D eigenvalue weighted by atomic mass is 9.85. The highest BCUT2D eigenvalue weighted by Gasteiger charge is 2.24. The molecule has 4 nitrogen and oxygen atoms in total. The number of aryl methyl sites for hydroxylation is 2. The molecule has 0 saturated carbocycles. The Hall–Kier alpha value is -1.16. The lowest BCUT2D eigenvalue weighted by molar-refractivity contribution is -0.126. The minimum Gasteiger partial charge on any atom is -0.329 e. The van der Waals surface area contributed by atoms with E-state index in [4.69, 9.17) is 5.73 Å². The van der Waals surface area contributed by atoms with Gasteiger partial charge >= 0.3 is 0 Å². The van der Waals surface area contributed by atoms with Crippen LogP contribution in [-0.2, 0) is 18.3 Å². The number of nitrogens with two attached hydrogens (primary N) is 1. The average molecular weight is 209 g/mol. The van der Waals surface area contributed by atoms with Gasteiger partial charge in [0.05, 0.1) is 6.20 Å². The van der Waals surface area contributed by atoms with E-state index < -0.39 is 5.41 Å². The number of nitrogens with zero attached hydrogens (tertiary/aromatic N) is 2. The zero-order chi connectivity index (χ0) is 11.5. The van der Waals surface area contributed by atoms with Gasteiger partial charge in [0.25, 0.3) is 0 Å². The molecule has 0 atom stereocenters. The number of ketones is 1. The van der Waals surface area contributed by atoms with Crippen molar-refractivity contribution < 1.29 is 4.79 Å². The van der Waals surface area contributed by atoms with Gasteiger partial charge in [-0.2, -0.15) is 5.10 Å². The van der Waals surface area contributed by atoms with Crippen LogP contribution in [0, 0.1) is 5.41 Å². The van der Waals surface area contributed by atoms with Crippen molar-refractivity contribution in [2.45, 2.75) is 26.7 Å². The number of hydrogen-bond donors (Lipinski definition) is 1. The van der Waals surface area contributed by atoms with E-state index in [9.17, 15) is 4.79 Å². The van der Waals surface area contributed by atoms with Crippen molar-refractivity contribution in [3.8, 4) is 0 Å².